The highest BCUT2D eigenvalue weighted by Gasteiger charge is 2.31. The minimum Gasteiger partial charge on any atom is -0.371 e. The van der Waals surface area contributed by atoms with Crippen LogP contribution in [0.5, 0.6) is 0 Å². The van der Waals surface area contributed by atoms with E-state index in [9.17, 15) is 4.39 Å². The Morgan fingerprint density at radius 3 is 2.77 bits per heavy atom. The maximum Gasteiger partial charge on any atom is 0.216 e. The number of hydrogen-bond donors (Lipinski definition) is 0. The molecule has 2 aromatic rings. The number of anilines is 2. The fourth-order valence-corrected chi connectivity index (χ4v) is 4.05. The van der Waals surface area contributed by atoms with E-state index >= 15 is 0 Å². The lowest BCUT2D eigenvalue weighted by molar-refractivity contribution is 0.561. The first-order chi connectivity index (χ1) is 14.6. The van der Waals surface area contributed by atoms with Crippen molar-refractivity contribution in [1.29, 1.82) is 0 Å². The van der Waals surface area contributed by atoms with Crippen molar-refractivity contribution in [3.05, 3.63) is 54.0 Å². The monoisotopic (exact) mass is 407 g/mol. The highest BCUT2D eigenvalue weighted by atomic mass is 19.1. The topological polar surface area (TPSA) is 69.9 Å². The van der Waals surface area contributed by atoms with Gasteiger partial charge in [-0.15, -0.1) is 0 Å². The Morgan fingerprint density at radius 1 is 1.23 bits per heavy atom. The van der Waals surface area contributed by atoms with Crippen molar-refractivity contribution < 1.29 is 4.39 Å². The largest absolute Gasteiger partial charge is 0.371 e. The zero-order valence-corrected chi connectivity index (χ0v) is 17.4. The lowest BCUT2D eigenvalue weighted by Gasteiger charge is -2.30. The molecule has 2 aliphatic heterocycles. The molecular weight excluding hydrogens is 381 g/mol. The summed E-state index contributed by atoms with van der Waals surface area (Å²) in [6, 6.07) is 3.51. The Morgan fingerprint density at radius 2 is 2.03 bits per heavy atom. The lowest BCUT2D eigenvalue weighted by atomic mass is 10.1. The van der Waals surface area contributed by atoms with Crippen LogP contribution in [0.4, 0.5) is 15.9 Å². The van der Waals surface area contributed by atoms with Gasteiger partial charge in [0, 0.05) is 55.9 Å². The maximum absolute atomic E-state index is 14.4. The van der Waals surface area contributed by atoms with Gasteiger partial charge in [-0.2, -0.15) is 4.39 Å². The van der Waals surface area contributed by atoms with E-state index in [-0.39, 0.29) is 6.04 Å². The van der Waals surface area contributed by atoms with Crippen LogP contribution in [0.1, 0.15) is 49.3 Å². The Bertz CT molecular complexity index is 995. The molecule has 0 bridgehead atoms. The number of pyridine rings is 1. The molecule has 0 saturated carbocycles. The molecule has 2 aromatic heterocycles. The van der Waals surface area contributed by atoms with E-state index < -0.39 is 5.95 Å². The highest BCUT2D eigenvalue weighted by Crippen LogP contribution is 2.36. The van der Waals surface area contributed by atoms with Crippen LogP contribution in [-0.4, -0.2) is 47.1 Å². The van der Waals surface area contributed by atoms with Gasteiger partial charge in [0.05, 0.1) is 18.3 Å². The normalized spacial score (nSPS) is 19.4. The first-order valence-corrected chi connectivity index (χ1v) is 10.3. The molecule has 0 N–H and O–H groups in total. The number of hydrogen-bond acceptors (Lipinski definition) is 6. The molecule has 8 heteroatoms. The number of allylic oxidation sites excluding steroid dienone is 1. The van der Waals surface area contributed by atoms with Gasteiger partial charge in [0.2, 0.25) is 5.95 Å². The molecule has 0 radical (unpaired) electrons. The number of fused-ring (bicyclic) bond motifs is 1. The third-order valence-corrected chi connectivity index (χ3v) is 5.63. The van der Waals surface area contributed by atoms with Crippen LogP contribution >= 0.6 is 0 Å². The zero-order valence-electron chi connectivity index (χ0n) is 17.4. The number of aromatic nitrogens is 3. The van der Waals surface area contributed by atoms with Crippen molar-refractivity contribution in [3.63, 3.8) is 0 Å². The minimum absolute atomic E-state index is 0.00347. The van der Waals surface area contributed by atoms with Crippen LogP contribution in [0.3, 0.4) is 0 Å². The highest BCUT2D eigenvalue weighted by molar-refractivity contribution is 6.01. The zero-order chi connectivity index (χ0) is 21.1. The average Bonchev–Trinajstić information content (AvgIpc) is 3.10. The number of nitrogens with zero attached hydrogens (tertiary/aromatic N) is 7. The summed E-state index contributed by atoms with van der Waals surface area (Å²) in [5.74, 6) is 1.07. The summed E-state index contributed by atoms with van der Waals surface area (Å²) in [6.07, 6.45) is 8.46. The molecule has 1 atom stereocenters. The second kappa shape index (κ2) is 8.69. The van der Waals surface area contributed by atoms with Gasteiger partial charge in [0.25, 0.3) is 0 Å². The molecule has 30 heavy (non-hydrogen) atoms. The molecule has 0 amide bonds. The van der Waals surface area contributed by atoms with Gasteiger partial charge in [0.15, 0.2) is 11.7 Å². The molecular formula is C22H26FN7. The van der Waals surface area contributed by atoms with Gasteiger partial charge in [0.1, 0.15) is 5.82 Å². The Hall–Kier alpha value is -3.16. The first-order valence-electron chi connectivity index (χ1n) is 10.3. The molecule has 1 saturated heterocycles. The standard InChI is InChI=1S/C22H26FN7/c1-4-8-25-21(24-3)22-26-13-17-15(2)30(14-18(17)27-22)20-12-16(11-19(23)28-20)29-9-6-5-7-10-29/h4,8,11-13,15H,1,5-7,9-10,14H2,2-3H3/b24-21-,25-8-. The number of rotatable bonds is 4. The SMILES string of the molecule is C=C/C=N\C(=N/C)c1ncc2c(n1)CN(c1cc(N3CCCCC3)cc(F)n1)C2C. The molecule has 2 aliphatic rings. The molecule has 7 nitrogen and oxygen atoms in total. The molecule has 4 rings (SSSR count). The van der Waals surface area contributed by atoms with Crippen molar-refractivity contribution in [2.45, 2.75) is 38.8 Å². The summed E-state index contributed by atoms with van der Waals surface area (Å²) in [5, 5.41) is 0. The fourth-order valence-electron chi connectivity index (χ4n) is 4.05. The number of aliphatic imine (C=N–C) groups is 2. The van der Waals surface area contributed by atoms with E-state index in [1.54, 1.807) is 19.3 Å². The molecule has 1 fully saturated rings. The quantitative estimate of drug-likeness (QED) is 0.439. The summed E-state index contributed by atoms with van der Waals surface area (Å²) >= 11 is 0. The van der Waals surface area contributed by atoms with Crippen molar-refractivity contribution in [3.8, 4) is 0 Å². The summed E-state index contributed by atoms with van der Waals surface area (Å²) in [7, 11) is 1.65. The van der Waals surface area contributed by atoms with Gasteiger partial charge in [-0.1, -0.05) is 12.7 Å². The molecule has 1 unspecified atom stereocenters. The van der Waals surface area contributed by atoms with Crippen LogP contribution in [-0.2, 0) is 6.54 Å². The second-order valence-electron chi connectivity index (χ2n) is 7.51. The number of amidine groups is 1. The maximum atomic E-state index is 14.4. The minimum atomic E-state index is -0.456. The predicted molar refractivity (Wildman–Crippen MR) is 118 cm³/mol. The summed E-state index contributed by atoms with van der Waals surface area (Å²) in [6.45, 7) is 8.13. The smallest absolute Gasteiger partial charge is 0.216 e. The van der Waals surface area contributed by atoms with Crippen LogP contribution < -0.4 is 9.80 Å². The molecule has 0 aliphatic carbocycles. The third kappa shape index (κ3) is 3.94. The van der Waals surface area contributed by atoms with Crippen LogP contribution in [0, 0.1) is 5.95 Å². The second-order valence-corrected chi connectivity index (χ2v) is 7.51. The van der Waals surface area contributed by atoms with Crippen LogP contribution in [0.15, 0.2) is 41.0 Å². The predicted octanol–water partition coefficient (Wildman–Crippen LogP) is 3.72. The fraction of sp³-hybridized carbons (Fsp3) is 0.409. The molecule has 0 spiro atoms. The van der Waals surface area contributed by atoms with Crippen LogP contribution in [0.25, 0.3) is 0 Å². The van der Waals surface area contributed by atoms with Gasteiger partial charge >= 0.3 is 0 Å². The van der Waals surface area contributed by atoms with E-state index in [4.69, 9.17) is 0 Å². The van der Waals surface area contributed by atoms with Crippen LogP contribution in [0.2, 0.25) is 0 Å². The number of halogens is 1. The number of piperidine rings is 1. The van der Waals surface area contributed by atoms with E-state index in [0.717, 1.165) is 42.9 Å². The van der Waals surface area contributed by atoms with Gasteiger partial charge in [-0.05, 0) is 26.2 Å². The lowest BCUT2D eigenvalue weighted by Crippen LogP contribution is -2.30. The molecule has 156 valence electrons. The van der Waals surface area contributed by atoms with Crippen molar-refractivity contribution in [1.82, 2.24) is 15.0 Å². The van der Waals surface area contributed by atoms with Crippen molar-refractivity contribution >= 4 is 23.6 Å². The Balaban J connectivity index is 1.62. The van der Waals surface area contributed by atoms with E-state index in [2.05, 4.69) is 48.2 Å². The Kier molecular flexibility index (Phi) is 5.83. The summed E-state index contributed by atoms with van der Waals surface area (Å²) < 4.78 is 14.4. The third-order valence-electron chi connectivity index (χ3n) is 5.63. The summed E-state index contributed by atoms with van der Waals surface area (Å²) in [5.41, 5.74) is 2.78. The van der Waals surface area contributed by atoms with E-state index in [0.29, 0.717) is 24.0 Å². The van der Waals surface area contributed by atoms with E-state index in [1.807, 2.05) is 12.3 Å². The summed E-state index contributed by atoms with van der Waals surface area (Å²) in [4.78, 5) is 26.0. The van der Waals surface area contributed by atoms with Gasteiger partial charge < -0.3 is 9.80 Å². The average molecular weight is 407 g/mol. The molecule has 4 heterocycles. The first kappa shape index (κ1) is 20.1. The van der Waals surface area contributed by atoms with Gasteiger partial charge in [-0.3, -0.25) is 4.99 Å². The van der Waals surface area contributed by atoms with Crippen molar-refractivity contribution in [2.75, 3.05) is 29.9 Å². The Labute approximate surface area is 176 Å². The van der Waals surface area contributed by atoms with Gasteiger partial charge in [-0.25, -0.2) is 19.9 Å². The molecule has 0 aromatic carbocycles. The van der Waals surface area contributed by atoms with E-state index in [1.165, 1.54) is 12.5 Å². The van der Waals surface area contributed by atoms with Crippen molar-refractivity contribution in [2.24, 2.45) is 9.98 Å².